The van der Waals surface area contributed by atoms with E-state index in [2.05, 4.69) is 29.2 Å². The maximum Gasteiger partial charge on any atom is 0.306 e. The number of carbonyl (C=O) groups excluding carboxylic acids is 3. The van der Waals surface area contributed by atoms with Crippen LogP contribution >= 0.6 is 7.82 Å². The molecular formula is C43H86N5O9P. The van der Waals surface area contributed by atoms with Gasteiger partial charge in [0.25, 0.3) is 7.82 Å². The van der Waals surface area contributed by atoms with Crippen molar-refractivity contribution in [1.82, 2.24) is 11.5 Å². The number of rotatable bonds is 44. The van der Waals surface area contributed by atoms with E-state index in [1.807, 2.05) is 0 Å². The molecule has 0 fully saturated rings. The van der Waals surface area contributed by atoms with Crippen LogP contribution in [0, 0.1) is 0 Å². The summed E-state index contributed by atoms with van der Waals surface area (Å²) in [6, 6.07) is 0. The van der Waals surface area contributed by atoms with E-state index in [1.165, 1.54) is 141 Å². The zero-order chi connectivity index (χ0) is 41.9. The van der Waals surface area contributed by atoms with Crippen LogP contribution in [0.25, 0.3) is 10.4 Å². The lowest BCUT2D eigenvalue weighted by molar-refractivity contribution is -0.228. The summed E-state index contributed by atoms with van der Waals surface area (Å²) in [5.41, 5.74) is 8.28. The molecule has 0 saturated carbocycles. The Morgan fingerprint density at radius 2 is 0.983 bits per heavy atom. The van der Waals surface area contributed by atoms with Gasteiger partial charge in [-0.2, -0.15) is 0 Å². The van der Waals surface area contributed by atoms with Crippen LogP contribution in [0.2, 0.25) is 0 Å². The number of quaternary nitrogens is 1. The summed E-state index contributed by atoms with van der Waals surface area (Å²) < 4.78 is 32.9. The molecule has 15 heteroatoms. The number of carbonyl (C=O) groups is 3. The summed E-state index contributed by atoms with van der Waals surface area (Å²) in [4.78, 5) is 51.5. The Morgan fingerprint density at radius 3 is 1.38 bits per heavy atom. The summed E-state index contributed by atoms with van der Waals surface area (Å²) >= 11 is 0. The molecule has 0 aromatic rings. The van der Waals surface area contributed by atoms with Gasteiger partial charge in [-0.25, -0.2) is 0 Å². The highest BCUT2D eigenvalue weighted by atomic mass is 31.2. The van der Waals surface area contributed by atoms with Gasteiger partial charge in [-0.05, 0) is 18.4 Å². The molecule has 58 heavy (non-hydrogen) atoms. The molecule has 0 radical (unpaired) electrons. The van der Waals surface area contributed by atoms with E-state index >= 15 is 0 Å². The number of nitrogens with one attached hydrogen (secondary N) is 1. The Morgan fingerprint density at radius 1 is 0.603 bits per heavy atom. The molecule has 0 aromatic heterocycles. The van der Waals surface area contributed by atoms with E-state index in [0.29, 0.717) is 12.8 Å². The predicted molar refractivity (Wildman–Crippen MR) is 232 cm³/mol. The van der Waals surface area contributed by atoms with Crippen LogP contribution < -0.4 is 16.4 Å². The number of azide groups is 1. The van der Waals surface area contributed by atoms with Gasteiger partial charge < -0.3 is 34.9 Å². The average Bonchev–Trinajstić information content (AvgIpc) is 3.19. The summed E-state index contributed by atoms with van der Waals surface area (Å²) in [6.45, 7) is 2.58. The van der Waals surface area contributed by atoms with E-state index in [9.17, 15) is 23.8 Å². The SMILES string of the molecule is CCCCCCCCCCCCCCCCCC(=O)OC[C@H](COP(=O)([O-])OCCNC(=O)CN=[N+]=[N-])OC(=O)CCCCCCCCCCCCCCCCC.[NH4+]. The van der Waals surface area contributed by atoms with Crippen molar-refractivity contribution in [2.75, 3.05) is 32.9 Å². The molecule has 0 saturated heterocycles. The van der Waals surface area contributed by atoms with Crippen molar-refractivity contribution in [3.63, 3.8) is 0 Å². The molecule has 0 aliphatic rings. The molecule has 0 bridgehead atoms. The van der Waals surface area contributed by atoms with Gasteiger partial charge in [-0.3, -0.25) is 18.9 Å². The maximum absolute atomic E-state index is 12.7. The number of nitrogens with zero attached hydrogens (tertiary/aromatic N) is 3. The van der Waals surface area contributed by atoms with Crippen molar-refractivity contribution in [2.24, 2.45) is 5.11 Å². The van der Waals surface area contributed by atoms with Crippen LogP contribution in [0.15, 0.2) is 5.11 Å². The van der Waals surface area contributed by atoms with E-state index in [4.69, 9.17) is 24.1 Å². The Bertz CT molecular complexity index is 1070. The quantitative estimate of drug-likeness (QED) is 0.0148. The Labute approximate surface area is 352 Å². The van der Waals surface area contributed by atoms with Crippen LogP contribution in [-0.2, 0) is 37.5 Å². The average molecular weight is 848 g/mol. The molecule has 0 rings (SSSR count). The van der Waals surface area contributed by atoms with Crippen LogP contribution in [0.1, 0.15) is 219 Å². The van der Waals surface area contributed by atoms with Crippen molar-refractivity contribution in [3.05, 3.63) is 10.4 Å². The zero-order valence-corrected chi connectivity index (χ0v) is 38.1. The molecule has 14 nitrogen and oxygen atoms in total. The second-order valence-electron chi connectivity index (χ2n) is 15.5. The highest BCUT2D eigenvalue weighted by Gasteiger charge is 2.21. The molecule has 1 unspecified atom stereocenters. The standard InChI is InChI=1S/C43H83N4O9P.H3N/c1-3-5-7-9-11-13-15-17-19-21-23-25-27-29-31-33-42(49)53-38-40(39-55-57(51,52)54-36-35-45-41(48)37-46-47-44)56-43(50)34-32-30-28-26-24-22-20-18-16-14-12-10-8-6-4-2;/h40H,3-39H2,1-2H3,(H,45,48)(H,51,52);1H3/t40-;/m1./s1. The first-order valence-corrected chi connectivity index (χ1v) is 24.4. The number of ether oxygens (including phenoxy) is 2. The summed E-state index contributed by atoms with van der Waals surface area (Å²) in [6.07, 6.45) is 35.8. The summed E-state index contributed by atoms with van der Waals surface area (Å²) in [7, 11) is -4.83. The van der Waals surface area contributed by atoms with Crippen LogP contribution in [0.4, 0.5) is 0 Å². The monoisotopic (exact) mass is 848 g/mol. The van der Waals surface area contributed by atoms with Gasteiger partial charge in [0, 0.05) is 24.3 Å². The highest BCUT2D eigenvalue weighted by molar-refractivity contribution is 7.45. The number of amides is 1. The number of unbranched alkanes of at least 4 members (excludes halogenated alkanes) is 28. The van der Waals surface area contributed by atoms with Crippen molar-refractivity contribution in [1.29, 1.82) is 0 Å². The first-order valence-electron chi connectivity index (χ1n) is 23.0. The fourth-order valence-corrected chi connectivity index (χ4v) is 7.35. The first kappa shape index (κ1) is 57.9. The molecule has 5 N–H and O–H groups in total. The second-order valence-corrected chi connectivity index (χ2v) is 16.9. The number of hydrogen-bond donors (Lipinski definition) is 2. The molecule has 0 aromatic carbocycles. The second kappa shape index (κ2) is 44.3. The summed E-state index contributed by atoms with van der Waals surface area (Å²) in [5.74, 6) is -1.54. The third-order valence-corrected chi connectivity index (χ3v) is 11.0. The molecule has 0 spiro atoms. The van der Waals surface area contributed by atoms with Gasteiger partial charge in [0.2, 0.25) is 5.91 Å². The lowest BCUT2D eigenvalue weighted by atomic mass is 10.0. The number of phosphoric ester groups is 1. The first-order chi connectivity index (χ1) is 27.7. The smallest absolute Gasteiger partial charge is 0.306 e. The third kappa shape index (κ3) is 43.4. The number of phosphoric acid groups is 1. The fourth-order valence-electron chi connectivity index (χ4n) is 6.61. The predicted octanol–water partition coefficient (Wildman–Crippen LogP) is 12.3. The van der Waals surface area contributed by atoms with Gasteiger partial charge in [0.05, 0.1) is 13.2 Å². The van der Waals surface area contributed by atoms with Crippen molar-refractivity contribution in [3.8, 4) is 0 Å². The Hall–Kier alpha value is -2.21. The molecule has 0 aliphatic heterocycles. The topological polar surface area (TPSA) is 226 Å². The van der Waals surface area contributed by atoms with E-state index < -0.39 is 51.5 Å². The van der Waals surface area contributed by atoms with Gasteiger partial charge in [0.1, 0.15) is 13.2 Å². The number of hydrogen-bond acceptors (Lipinski definition) is 10. The minimum atomic E-state index is -4.83. The Kier molecular flexibility index (Phi) is 44.3. The summed E-state index contributed by atoms with van der Waals surface area (Å²) in [5, 5.41) is 5.46. The zero-order valence-electron chi connectivity index (χ0n) is 37.2. The molecule has 1 amide bonds. The molecule has 0 heterocycles. The number of esters is 2. The molecular weight excluding hydrogens is 761 g/mol. The van der Waals surface area contributed by atoms with Gasteiger partial charge in [0.15, 0.2) is 6.10 Å². The lowest BCUT2D eigenvalue weighted by Gasteiger charge is -2.25. The lowest BCUT2D eigenvalue weighted by Crippen LogP contribution is -2.31. The Balaban J connectivity index is 0. The van der Waals surface area contributed by atoms with Crippen molar-refractivity contribution >= 4 is 25.7 Å². The van der Waals surface area contributed by atoms with Gasteiger partial charge in [-0.15, -0.1) is 0 Å². The highest BCUT2D eigenvalue weighted by Crippen LogP contribution is 2.38. The van der Waals surface area contributed by atoms with Gasteiger partial charge >= 0.3 is 11.9 Å². The largest absolute Gasteiger partial charge is 0.756 e. The van der Waals surface area contributed by atoms with Crippen LogP contribution in [0.3, 0.4) is 0 Å². The molecule has 342 valence electrons. The third-order valence-electron chi connectivity index (χ3n) is 10.1. The van der Waals surface area contributed by atoms with Crippen LogP contribution in [-0.4, -0.2) is 56.9 Å². The minimum absolute atomic E-state index is 0. The minimum Gasteiger partial charge on any atom is -0.756 e. The molecule has 0 aliphatic carbocycles. The molecule has 2 atom stereocenters. The fraction of sp³-hybridized carbons (Fsp3) is 0.930. The van der Waals surface area contributed by atoms with Crippen LogP contribution in [0.5, 0.6) is 0 Å². The van der Waals surface area contributed by atoms with Gasteiger partial charge in [-0.1, -0.05) is 199 Å². The van der Waals surface area contributed by atoms with E-state index in [0.717, 1.165) is 38.5 Å². The van der Waals surface area contributed by atoms with E-state index in [1.54, 1.807) is 0 Å². The van der Waals surface area contributed by atoms with E-state index in [-0.39, 0.29) is 32.1 Å². The normalized spacial score (nSPS) is 12.5. The van der Waals surface area contributed by atoms with Crippen molar-refractivity contribution < 1.29 is 42.4 Å². The maximum atomic E-state index is 12.7. The van der Waals surface area contributed by atoms with Crippen molar-refractivity contribution in [2.45, 2.75) is 225 Å².